The van der Waals surface area contributed by atoms with Gasteiger partial charge < -0.3 is 9.88 Å². The maximum atomic E-state index is 4.43. The van der Waals surface area contributed by atoms with Gasteiger partial charge in [0.2, 0.25) is 0 Å². The van der Waals surface area contributed by atoms with Gasteiger partial charge in [0.25, 0.3) is 0 Å². The van der Waals surface area contributed by atoms with Gasteiger partial charge >= 0.3 is 0 Å². The average molecular weight is 290 g/mol. The molecule has 0 aliphatic carbocycles. The first-order valence-electron chi connectivity index (χ1n) is 7.63. The molecule has 0 fully saturated rings. The van der Waals surface area contributed by atoms with Crippen molar-refractivity contribution in [3.05, 3.63) is 30.4 Å². The third kappa shape index (κ3) is 4.67. The summed E-state index contributed by atoms with van der Waals surface area (Å²) < 4.78 is 4.12. The van der Waals surface area contributed by atoms with Crippen LogP contribution in [0.15, 0.2) is 18.7 Å². The minimum Gasteiger partial charge on any atom is -0.326 e. The monoisotopic (exact) mass is 290 g/mol. The predicted octanol–water partition coefficient (Wildman–Crippen LogP) is 1.92. The lowest BCUT2D eigenvalue weighted by atomic mass is 10.2. The zero-order chi connectivity index (χ0) is 15.2. The van der Waals surface area contributed by atoms with E-state index < -0.39 is 0 Å². The fourth-order valence-electron chi connectivity index (χ4n) is 2.19. The number of nitrogens with one attached hydrogen (secondary N) is 1. The van der Waals surface area contributed by atoms with Gasteiger partial charge in [-0.05, 0) is 18.4 Å². The molecule has 2 aromatic heterocycles. The van der Waals surface area contributed by atoms with Crippen LogP contribution in [0.5, 0.6) is 0 Å². The fraction of sp³-hybridized carbons (Fsp3) is 0.667. The minimum absolute atomic E-state index is 0.556. The summed E-state index contributed by atoms with van der Waals surface area (Å²) in [6.45, 7) is 12.2. The van der Waals surface area contributed by atoms with E-state index in [4.69, 9.17) is 0 Å². The molecule has 2 rings (SSSR count). The van der Waals surface area contributed by atoms with Gasteiger partial charge in [0, 0.05) is 18.9 Å². The Morgan fingerprint density at radius 1 is 1.10 bits per heavy atom. The highest BCUT2D eigenvalue weighted by Crippen LogP contribution is 2.06. The van der Waals surface area contributed by atoms with Crippen molar-refractivity contribution in [1.29, 1.82) is 0 Å². The molecule has 0 aromatic carbocycles. The van der Waals surface area contributed by atoms with Crippen molar-refractivity contribution in [3.63, 3.8) is 0 Å². The third-order valence-electron chi connectivity index (χ3n) is 3.18. The van der Waals surface area contributed by atoms with Crippen LogP contribution in [0.2, 0.25) is 0 Å². The van der Waals surface area contributed by atoms with Crippen molar-refractivity contribution in [2.45, 2.75) is 47.3 Å². The van der Waals surface area contributed by atoms with Crippen molar-refractivity contribution in [2.75, 3.05) is 6.54 Å². The van der Waals surface area contributed by atoms with Crippen LogP contribution in [0.25, 0.3) is 0 Å². The van der Waals surface area contributed by atoms with E-state index in [9.17, 15) is 0 Å². The number of hydrogen-bond donors (Lipinski definition) is 1. The molecule has 0 saturated heterocycles. The highest BCUT2D eigenvalue weighted by Gasteiger charge is 2.09. The number of nitrogens with zero attached hydrogens (tertiary/aromatic N) is 5. The molecule has 0 aliphatic rings. The van der Waals surface area contributed by atoms with E-state index in [2.05, 4.69) is 52.6 Å². The smallest absolute Gasteiger partial charge is 0.146 e. The first-order chi connectivity index (χ1) is 10.1. The van der Waals surface area contributed by atoms with E-state index in [1.165, 1.54) is 0 Å². The molecular weight excluding hydrogens is 264 g/mol. The number of aromatic nitrogens is 5. The van der Waals surface area contributed by atoms with E-state index in [1.54, 1.807) is 6.33 Å². The van der Waals surface area contributed by atoms with Gasteiger partial charge in [-0.25, -0.2) is 14.6 Å². The maximum absolute atomic E-state index is 4.43. The van der Waals surface area contributed by atoms with Gasteiger partial charge in [0.1, 0.15) is 18.0 Å². The molecular formula is C15H26N6. The molecule has 1 N–H and O–H groups in total. The quantitative estimate of drug-likeness (QED) is 0.807. The van der Waals surface area contributed by atoms with Crippen molar-refractivity contribution in [3.8, 4) is 0 Å². The third-order valence-corrected chi connectivity index (χ3v) is 3.18. The van der Waals surface area contributed by atoms with Gasteiger partial charge in [-0.15, -0.1) is 0 Å². The Kier molecular flexibility index (Phi) is 5.50. The molecule has 21 heavy (non-hydrogen) atoms. The summed E-state index contributed by atoms with van der Waals surface area (Å²) in [6.07, 6.45) is 5.47. The highest BCUT2D eigenvalue weighted by atomic mass is 15.3. The summed E-state index contributed by atoms with van der Waals surface area (Å²) in [5.74, 6) is 3.21. The van der Waals surface area contributed by atoms with Gasteiger partial charge in [0.05, 0.1) is 13.1 Å². The van der Waals surface area contributed by atoms with Crippen molar-refractivity contribution in [1.82, 2.24) is 29.6 Å². The summed E-state index contributed by atoms with van der Waals surface area (Å²) in [7, 11) is 0. The number of hydrogen-bond acceptors (Lipinski definition) is 4. The van der Waals surface area contributed by atoms with Crippen LogP contribution in [-0.2, 0) is 19.6 Å². The van der Waals surface area contributed by atoms with Gasteiger partial charge in [-0.2, -0.15) is 5.10 Å². The standard InChI is InChI=1S/C15H26N6/c1-12(2)7-16-8-14-17-5-6-20(14)10-15-18-11-19-21(15)9-13(3)4/h5-6,11-13,16H,7-10H2,1-4H3. The molecule has 0 radical (unpaired) electrons. The second-order valence-corrected chi connectivity index (χ2v) is 6.25. The molecule has 6 nitrogen and oxygen atoms in total. The lowest BCUT2D eigenvalue weighted by Gasteiger charge is -2.12. The van der Waals surface area contributed by atoms with Crippen LogP contribution in [0, 0.1) is 11.8 Å². The molecule has 0 spiro atoms. The fourth-order valence-corrected chi connectivity index (χ4v) is 2.19. The van der Waals surface area contributed by atoms with Crippen LogP contribution >= 0.6 is 0 Å². The van der Waals surface area contributed by atoms with Gasteiger partial charge in [-0.1, -0.05) is 27.7 Å². The molecule has 2 heterocycles. The summed E-state index contributed by atoms with van der Waals surface area (Å²) in [6, 6.07) is 0. The average Bonchev–Trinajstić information content (AvgIpc) is 3.00. The summed E-state index contributed by atoms with van der Waals surface area (Å²) in [5, 5.41) is 7.74. The van der Waals surface area contributed by atoms with E-state index in [0.29, 0.717) is 18.4 Å². The molecule has 0 saturated carbocycles. The molecule has 2 aromatic rings. The Hall–Kier alpha value is -1.69. The topological polar surface area (TPSA) is 60.6 Å². The second-order valence-electron chi connectivity index (χ2n) is 6.25. The zero-order valence-corrected chi connectivity index (χ0v) is 13.5. The van der Waals surface area contributed by atoms with Crippen LogP contribution in [0.4, 0.5) is 0 Å². The number of rotatable bonds is 8. The van der Waals surface area contributed by atoms with Crippen molar-refractivity contribution < 1.29 is 0 Å². The van der Waals surface area contributed by atoms with E-state index in [0.717, 1.165) is 31.3 Å². The van der Waals surface area contributed by atoms with E-state index >= 15 is 0 Å². The van der Waals surface area contributed by atoms with Gasteiger partial charge in [0.15, 0.2) is 0 Å². The number of imidazole rings is 1. The Morgan fingerprint density at radius 2 is 1.90 bits per heavy atom. The van der Waals surface area contributed by atoms with E-state index in [1.807, 2.05) is 17.1 Å². The maximum Gasteiger partial charge on any atom is 0.146 e. The van der Waals surface area contributed by atoms with Gasteiger partial charge in [-0.3, -0.25) is 0 Å². The molecule has 0 atom stereocenters. The Labute approximate surface area is 126 Å². The Balaban J connectivity index is 2.00. The van der Waals surface area contributed by atoms with E-state index in [-0.39, 0.29) is 0 Å². The minimum atomic E-state index is 0.556. The molecule has 0 bridgehead atoms. The lowest BCUT2D eigenvalue weighted by Crippen LogP contribution is -2.22. The first-order valence-corrected chi connectivity index (χ1v) is 7.63. The normalized spacial score (nSPS) is 11.7. The molecule has 0 aliphatic heterocycles. The molecule has 6 heteroatoms. The zero-order valence-electron chi connectivity index (χ0n) is 13.5. The van der Waals surface area contributed by atoms with Crippen molar-refractivity contribution in [2.24, 2.45) is 11.8 Å². The van der Waals surface area contributed by atoms with Crippen LogP contribution < -0.4 is 5.32 Å². The molecule has 0 amide bonds. The Morgan fingerprint density at radius 3 is 2.62 bits per heavy atom. The van der Waals surface area contributed by atoms with Crippen LogP contribution in [0.1, 0.15) is 39.3 Å². The van der Waals surface area contributed by atoms with Crippen LogP contribution in [-0.4, -0.2) is 30.9 Å². The van der Waals surface area contributed by atoms with Crippen LogP contribution in [0.3, 0.4) is 0 Å². The predicted molar refractivity (Wildman–Crippen MR) is 82.7 cm³/mol. The lowest BCUT2D eigenvalue weighted by molar-refractivity contribution is 0.457. The molecule has 0 unspecified atom stereocenters. The van der Waals surface area contributed by atoms with Crippen molar-refractivity contribution >= 4 is 0 Å². The second kappa shape index (κ2) is 7.36. The Bertz CT molecular complexity index is 540. The highest BCUT2D eigenvalue weighted by molar-refractivity contribution is 4.97. The first kappa shape index (κ1) is 15.7. The SMILES string of the molecule is CC(C)CNCc1nccn1Cc1ncnn1CC(C)C. The summed E-state index contributed by atoms with van der Waals surface area (Å²) in [4.78, 5) is 8.80. The summed E-state index contributed by atoms with van der Waals surface area (Å²) >= 11 is 0. The molecule has 116 valence electrons. The largest absolute Gasteiger partial charge is 0.326 e. The summed E-state index contributed by atoms with van der Waals surface area (Å²) in [5.41, 5.74) is 0.